The van der Waals surface area contributed by atoms with E-state index < -0.39 is 0 Å². The Kier molecular flexibility index (Phi) is 15.2. The Morgan fingerprint density at radius 1 is 0.577 bits per heavy atom. The maximum absolute atomic E-state index is 4.51. The first-order valence-corrected chi connectivity index (χ1v) is 18.0. The zero-order valence-electron chi connectivity index (χ0n) is 31.5. The zero-order chi connectivity index (χ0) is 37.3. The molecular weight excluding hydrogens is 633 g/mol. The molecule has 0 atom stereocenters. The lowest BCUT2D eigenvalue weighted by atomic mass is 9.86. The van der Waals surface area contributed by atoms with Gasteiger partial charge in [-0.1, -0.05) is 129 Å². The fourth-order valence-electron chi connectivity index (χ4n) is 6.33. The van der Waals surface area contributed by atoms with Crippen molar-refractivity contribution in [3.8, 4) is 33.5 Å². The summed E-state index contributed by atoms with van der Waals surface area (Å²) < 4.78 is 0. The number of hydrogen-bond acceptors (Lipinski definition) is 4. The van der Waals surface area contributed by atoms with Crippen LogP contribution in [-0.4, -0.2) is 31.1 Å². The van der Waals surface area contributed by atoms with Gasteiger partial charge in [0.25, 0.3) is 0 Å². The van der Waals surface area contributed by atoms with Crippen LogP contribution in [0.5, 0.6) is 0 Å². The third-order valence-corrected chi connectivity index (χ3v) is 8.43. The molecule has 4 nitrogen and oxygen atoms in total. The van der Waals surface area contributed by atoms with Crippen molar-refractivity contribution in [1.29, 1.82) is 0 Å². The van der Waals surface area contributed by atoms with E-state index >= 15 is 0 Å². The van der Waals surface area contributed by atoms with Gasteiger partial charge in [0.15, 0.2) is 0 Å². The second kappa shape index (κ2) is 20.2. The molecule has 264 valence electrons. The number of fused-ring (bicyclic) bond motifs is 1. The van der Waals surface area contributed by atoms with Crippen molar-refractivity contribution in [2.45, 2.75) is 33.6 Å². The number of aromatic nitrogens is 2. The zero-order valence-corrected chi connectivity index (χ0v) is 31.5. The predicted molar refractivity (Wildman–Crippen MR) is 230 cm³/mol. The second-order valence-corrected chi connectivity index (χ2v) is 12.0. The molecule has 0 radical (unpaired) electrons. The van der Waals surface area contributed by atoms with Crippen molar-refractivity contribution in [3.63, 3.8) is 0 Å². The lowest BCUT2D eigenvalue weighted by Crippen LogP contribution is -1.90. The summed E-state index contributed by atoms with van der Waals surface area (Å²) in [5.74, 6) is 0. The van der Waals surface area contributed by atoms with E-state index in [4.69, 9.17) is 0 Å². The van der Waals surface area contributed by atoms with Crippen LogP contribution in [0.25, 0.3) is 76.6 Å². The first kappa shape index (κ1) is 39.1. The van der Waals surface area contributed by atoms with Crippen LogP contribution in [0.2, 0.25) is 0 Å². The number of allylic oxidation sites excluding steroid dienone is 3. The first-order valence-electron chi connectivity index (χ1n) is 18.0. The summed E-state index contributed by atoms with van der Waals surface area (Å²) >= 11 is 0. The molecule has 0 spiro atoms. The number of nitrogens with zero attached hydrogens (tertiary/aromatic N) is 2. The van der Waals surface area contributed by atoms with Crippen molar-refractivity contribution in [2.24, 2.45) is 5.73 Å². The maximum Gasteiger partial charge on any atom is 0.0701 e. The third-order valence-electron chi connectivity index (χ3n) is 8.43. The summed E-state index contributed by atoms with van der Waals surface area (Å²) in [6.45, 7) is 9.54. The highest BCUT2D eigenvalue weighted by Gasteiger charge is 2.16. The molecule has 0 aliphatic heterocycles. The van der Waals surface area contributed by atoms with E-state index in [1.807, 2.05) is 51.7 Å². The highest BCUT2D eigenvalue weighted by atomic mass is 14.7. The van der Waals surface area contributed by atoms with Gasteiger partial charge < -0.3 is 11.1 Å². The largest absolute Gasteiger partial charge is 0.333 e. The lowest BCUT2D eigenvalue weighted by Gasteiger charge is -2.17. The van der Waals surface area contributed by atoms with Gasteiger partial charge >= 0.3 is 0 Å². The molecule has 2 heterocycles. The molecule has 0 saturated heterocycles. The van der Waals surface area contributed by atoms with Gasteiger partial charge in [0, 0.05) is 29.5 Å². The van der Waals surface area contributed by atoms with E-state index in [-0.39, 0.29) is 0 Å². The Hall–Kier alpha value is -5.68. The highest BCUT2D eigenvalue weighted by Crippen LogP contribution is 2.43. The number of rotatable bonds is 5. The Morgan fingerprint density at radius 3 is 1.69 bits per heavy atom. The molecule has 0 aliphatic carbocycles. The highest BCUT2D eigenvalue weighted by molar-refractivity contribution is 6.28. The number of nitrogens with one attached hydrogen (secondary N) is 1. The van der Waals surface area contributed by atoms with Crippen molar-refractivity contribution in [3.05, 3.63) is 159 Å². The summed E-state index contributed by atoms with van der Waals surface area (Å²) in [5, 5.41) is 12.9. The monoisotopic (exact) mass is 684 g/mol. The molecule has 0 bridgehead atoms. The summed E-state index contributed by atoms with van der Waals surface area (Å²) in [4.78, 5) is 8.84. The molecule has 52 heavy (non-hydrogen) atoms. The van der Waals surface area contributed by atoms with Crippen LogP contribution in [-0.2, 0) is 0 Å². The Morgan fingerprint density at radius 2 is 1.12 bits per heavy atom. The topological polar surface area (TPSA) is 63.8 Å². The van der Waals surface area contributed by atoms with Crippen LogP contribution in [0.1, 0.15) is 33.6 Å². The van der Waals surface area contributed by atoms with Gasteiger partial charge in [0.1, 0.15) is 0 Å². The minimum absolute atomic E-state index is 0.992. The van der Waals surface area contributed by atoms with Gasteiger partial charge in [-0.3, -0.25) is 9.97 Å². The van der Waals surface area contributed by atoms with Crippen LogP contribution in [0, 0.1) is 0 Å². The minimum atomic E-state index is 0.992. The molecule has 0 fully saturated rings. The van der Waals surface area contributed by atoms with Gasteiger partial charge in [-0.05, 0) is 119 Å². The summed E-state index contributed by atoms with van der Waals surface area (Å²) in [7, 11) is 5.25. The van der Waals surface area contributed by atoms with Crippen LogP contribution in [0.4, 0.5) is 0 Å². The van der Waals surface area contributed by atoms with Gasteiger partial charge in [-0.25, -0.2) is 0 Å². The van der Waals surface area contributed by atoms with E-state index in [9.17, 15) is 0 Å². The Bertz CT molecular complexity index is 2290. The first-order chi connectivity index (χ1) is 25.6. The van der Waals surface area contributed by atoms with E-state index in [1.54, 1.807) is 6.08 Å². The molecular formula is C48H52N4. The molecule has 0 saturated carbocycles. The molecule has 8 rings (SSSR count). The molecule has 0 unspecified atom stereocenters. The average Bonchev–Trinajstić information content (AvgIpc) is 3.21. The molecule has 4 heteroatoms. The summed E-state index contributed by atoms with van der Waals surface area (Å²) in [6, 6.07) is 41.6. The number of hydrogen-bond donors (Lipinski definition) is 2. The maximum atomic E-state index is 4.51. The van der Waals surface area contributed by atoms with Gasteiger partial charge in [-0.2, -0.15) is 0 Å². The fraction of sp³-hybridized carbons (Fsp3) is 0.167. The van der Waals surface area contributed by atoms with E-state index in [0.29, 0.717) is 0 Å². The van der Waals surface area contributed by atoms with Gasteiger partial charge in [-0.15, -0.1) is 6.58 Å². The number of benzene rings is 6. The van der Waals surface area contributed by atoms with Crippen molar-refractivity contribution in [1.82, 2.24) is 15.3 Å². The summed E-state index contributed by atoms with van der Waals surface area (Å²) in [6.07, 6.45) is 14.1. The fourth-order valence-corrected chi connectivity index (χ4v) is 6.33. The number of nitrogens with two attached hydrogens (primary N) is 1. The van der Waals surface area contributed by atoms with Crippen molar-refractivity contribution < 1.29 is 0 Å². The van der Waals surface area contributed by atoms with Crippen LogP contribution >= 0.6 is 0 Å². The van der Waals surface area contributed by atoms with Crippen molar-refractivity contribution >= 4 is 43.1 Å². The summed E-state index contributed by atoms with van der Waals surface area (Å²) in [5.41, 5.74) is 11.6. The van der Waals surface area contributed by atoms with Crippen LogP contribution < -0.4 is 11.1 Å². The lowest BCUT2D eigenvalue weighted by molar-refractivity contribution is 1.02. The number of pyridine rings is 2. The molecule has 6 aromatic carbocycles. The second-order valence-electron chi connectivity index (χ2n) is 12.0. The molecule has 8 aromatic rings. The Labute approximate surface area is 310 Å². The van der Waals surface area contributed by atoms with Crippen molar-refractivity contribution in [2.75, 3.05) is 21.1 Å². The van der Waals surface area contributed by atoms with Gasteiger partial charge in [0.05, 0.1) is 5.69 Å². The van der Waals surface area contributed by atoms with Crippen LogP contribution in [0.15, 0.2) is 159 Å². The normalized spacial score (nSPS) is 10.4. The van der Waals surface area contributed by atoms with E-state index in [1.165, 1.54) is 79.8 Å². The smallest absolute Gasteiger partial charge is 0.0701 e. The SMILES string of the molecule is C=CC.CC/C=C\CC.CN.CNC.c1ccc(-c2ccc(-c3ccc4ccc5ccc(-c6cccc7cnccc67)c6ccc3c4c56)cc2)nc1. The molecule has 0 amide bonds. The third kappa shape index (κ3) is 8.96. The van der Waals surface area contributed by atoms with Crippen LogP contribution in [0.3, 0.4) is 0 Å². The Balaban J connectivity index is 0.000000377. The quantitative estimate of drug-likeness (QED) is 0.140. The molecule has 2 aromatic heterocycles. The minimum Gasteiger partial charge on any atom is -0.333 e. The molecule has 3 N–H and O–H groups in total. The van der Waals surface area contributed by atoms with E-state index in [2.05, 4.69) is 157 Å². The standard InChI is InChI=1S/C36H22N2.C6H12.C3H6.C2H7N.CH5N/c1-2-20-38-34(6-1)24-9-7-23(8-10-24)28-15-13-25-11-12-26-14-16-31(33-18-17-32(28)35(25)36(26)33)30-5-3-4-27-22-37-21-19-29(27)30;1-3-5-6-4-2;2*1-3-2;1-2/h1-22H;5-6H,3-4H2,1-2H3;3H,1H2,2H3;3H,1-2H3;2H2,1H3/b;6-5-;;;. The van der Waals surface area contributed by atoms with Gasteiger partial charge in [0.2, 0.25) is 0 Å². The molecule has 0 aliphatic rings. The predicted octanol–water partition coefficient (Wildman–Crippen LogP) is 12.5. The van der Waals surface area contributed by atoms with E-state index in [0.717, 1.165) is 16.6 Å². The average molecular weight is 685 g/mol.